The zero-order chi connectivity index (χ0) is 28.2. The van der Waals surface area contributed by atoms with E-state index in [2.05, 4.69) is 26.2 Å². The normalized spacial score (nSPS) is 11.6. The fraction of sp³-hybridized carbons (Fsp3) is 0.143. The maximum absolute atomic E-state index is 10.8. The molecule has 4 aromatic carbocycles. The lowest BCUT2D eigenvalue weighted by Crippen LogP contribution is -2.57. The Morgan fingerprint density at radius 2 is 0.744 bits per heavy atom. The predicted molar refractivity (Wildman–Crippen MR) is 155 cm³/mol. The van der Waals surface area contributed by atoms with Crippen LogP contribution in [0.15, 0.2) is 97.1 Å². The van der Waals surface area contributed by atoms with Gasteiger partial charge < -0.3 is 13.6 Å². The minimum Gasteiger partial charge on any atom is -0.457 e. The highest BCUT2D eigenvalue weighted by Gasteiger charge is 2.36. The van der Waals surface area contributed by atoms with E-state index in [1.165, 1.54) is 24.3 Å². The molecule has 0 amide bonds. The number of ether oxygens (including phenoxy) is 2. The van der Waals surface area contributed by atoms with Crippen LogP contribution < -0.4 is 19.8 Å². The first kappa shape index (κ1) is 27.7. The zero-order valence-electron chi connectivity index (χ0n) is 22.0. The molecule has 0 heterocycles. The van der Waals surface area contributed by atoms with Gasteiger partial charge >= 0.3 is 0 Å². The summed E-state index contributed by atoms with van der Waals surface area (Å²) in [5, 5.41) is 23.9. The van der Waals surface area contributed by atoms with Gasteiger partial charge in [0.15, 0.2) is 0 Å². The molecule has 200 valence electrons. The van der Waals surface area contributed by atoms with Crippen LogP contribution in [-0.2, 0) is 4.12 Å². The van der Waals surface area contributed by atoms with E-state index in [1.807, 2.05) is 48.5 Å². The van der Waals surface area contributed by atoms with Crippen molar-refractivity contribution in [1.29, 1.82) is 0 Å². The number of hydrogen-bond donors (Lipinski definition) is 0. The van der Waals surface area contributed by atoms with E-state index in [0.29, 0.717) is 23.0 Å². The van der Waals surface area contributed by atoms with E-state index < -0.39 is 26.5 Å². The molecule has 0 atom stereocenters. The second kappa shape index (κ2) is 11.2. The molecule has 4 rings (SSSR count). The number of hydrogen-bond acceptors (Lipinski definition) is 7. The second-order valence-corrected chi connectivity index (χ2v) is 17.9. The summed E-state index contributed by atoms with van der Waals surface area (Å²) in [7, 11) is -4.55. The highest BCUT2D eigenvalue weighted by atomic mass is 28.4. The molecule has 0 radical (unpaired) electrons. The van der Waals surface area contributed by atoms with E-state index >= 15 is 0 Å². The molecular formula is C28H28N2O7Si2. The van der Waals surface area contributed by atoms with Crippen LogP contribution in [0.3, 0.4) is 0 Å². The van der Waals surface area contributed by atoms with E-state index in [4.69, 9.17) is 13.6 Å². The first-order chi connectivity index (χ1) is 18.4. The second-order valence-electron chi connectivity index (χ2n) is 9.88. The molecule has 39 heavy (non-hydrogen) atoms. The smallest absolute Gasteiger partial charge is 0.269 e. The Labute approximate surface area is 228 Å². The average Bonchev–Trinajstić information content (AvgIpc) is 2.89. The molecule has 0 spiro atoms. The van der Waals surface area contributed by atoms with Gasteiger partial charge in [0.1, 0.15) is 23.0 Å². The van der Waals surface area contributed by atoms with Crippen molar-refractivity contribution in [1.82, 2.24) is 0 Å². The molecule has 0 bridgehead atoms. The van der Waals surface area contributed by atoms with Crippen LogP contribution in [0.4, 0.5) is 11.4 Å². The molecule has 0 aromatic heterocycles. The first-order valence-corrected chi connectivity index (χ1v) is 18.0. The summed E-state index contributed by atoms with van der Waals surface area (Å²) in [6, 6.07) is 27.5. The monoisotopic (exact) mass is 560 g/mol. The van der Waals surface area contributed by atoms with Crippen LogP contribution in [0.1, 0.15) is 0 Å². The van der Waals surface area contributed by atoms with Gasteiger partial charge in [-0.15, -0.1) is 0 Å². The molecule has 0 saturated heterocycles. The topological polar surface area (TPSA) is 114 Å². The number of nitro groups is 2. The Balaban J connectivity index is 1.40. The molecule has 0 aliphatic heterocycles. The first-order valence-electron chi connectivity index (χ1n) is 12.2. The third-order valence-corrected chi connectivity index (χ3v) is 13.7. The van der Waals surface area contributed by atoms with Crippen LogP contribution >= 0.6 is 0 Å². The summed E-state index contributed by atoms with van der Waals surface area (Å²) in [5.41, 5.74) is 0.0297. The molecule has 11 heteroatoms. The summed E-state index contributed by atoms with van der Waals surface area (Å²) in [6.07, 6.45) is 0. The standard InChI is InChI=1S/C28H28N2O7Si2/c1-38(2,27-17-13-25(14-18-27)35-23-9-5-21(6-10-23)29(31)32)37-39(3,4)28-19-15-26(16-20-28)36-24-11-7-22(8-12-24)30(33)34/h5-20H,1-4H3. The largest absolute Gasteiger partial charge is 0.457 e. The zero-order valence-corrected chi connectivity index (χ0v) is 24.0. The maximum Gasteiger partial charge on any atom is 0.269 e. The highest BCUT2D eigenvalue weighted by molar-refractivity contribution is 6.96. The van der Waals surface area contributed by atoms with Gasteiger partial charge in [0.2, 0.25) is 16.6 Å². The number of rotatable bonds is 10. The number of non-ortho nitro benzene ring substituents is 2. The van der Waals surface area contributed by atoms with Gasteiger partial charge in [0, 0.05) is 24.3 Å². The summed E-state index contributed by atoms with van der Waals surface area (Å²) in [4.78, 5) is 20.8. The quantitative estimate of drug-likeness (QED) is 0.121. The molecule has 9 nitrogen and oxygen atoms in total. The highest BCUT2D eigenvalue weighted by Crippen LogP contribution is 2.26. The van der Waals surface area contributed by atoms with E-state index in [1.54, 1.807) is 24.3 Å². The summed E-state index contributed by atoms with van der Waals surface area (Å²) in [5.74, 6) is 2.32. The number of benzene rings is 4. The van der Waals surface area contributed by atoms with Crippen molar-refractivity contribution in [3.8, 4) is 23.0 Å². The molecular weight excluding hydrogens is 532 g/mol. The molecule has 0 aliphatic carbocycles. The average molecular weight is 561 g/mol. The molecule has 0 unspecified atom stereocenters. The van der Waals surface area contributed by atoms with Crippen molar-refractivity contribution in [3.63, 3.8) is 0 Å². The Hall–Kier alpha value is -4.33. The Bertz CT molecular complexity index is 1340. The molecule has 4 aromatic rings. The minimum atomic E-state index is -2.28. The van der Waals surface area contributed by atoms with Crippen LogP contribution in [0, 0.1) is 20.2 Å². The third-order valence-electron chi connectivity index (χ3n) is 6.18. The van der Waals surface area contributed by atoms with Crippen LogP contribution in [0.5, 0.6) is 23.0 Å². The summed E-state index contributed by atoms with van der Waals surface area (Å²) in [6.45, 7) is 8.67. The number of nitrogens with zero attached hydrogens (tertiary/aromatic N) is 2. The van der Waals surface area contributed by atoms with Gasteiger partial charge in [0.25, 0.3) is 11.4 Å². The van der Waals surface area contributed by atoms with Gasteiger partial charge in [-0.3, -0.25) is 20.2 Å². The van der Waals surface area contributed by atoms with Crippen molar-refractivity contribution in [2.24, 2.45) is 0 Å². The lowest BCUT2D eigenvalue weighted by atomic mass is 10.3. The summed E-state index contributed by atoms with van der Waals surface area (Å²) < 4.78 is 18.5. The maximum atomic E-state index is 10.8. The van der Waals surface area contributed by atoms with Gasteiger partial charge in [0.05, 0.1) is 9.85 Å². The van der Waals surface area contributed by atoms with Gasteiger partial charge in [-0.05, 0) is 85.1 Å². The fourth-order valence-electron chi connectivity index (χ4n) is 4.15. The Kier molecular flexibility index (Phi) is 7.95. The fourth-order valence-corrected chi connectivity index (χ4v) is 12.1. The van der Waals surface area contributed by atoms with Gasteiger partial charge in [-0.1, -0.05) is 24.3 Å². The van der Waals surface area contributed by atoms with Crippen LogP contribution in [-0.4, -0.2) is 26.5 Å². The summed E-state index contributed by atoms with van der Waals surface area (Å²) >= 11 is 0. The van der Waals surface area contributed by atoms with Crippen molar-refractivity contribution in [2.75, 3.05) is 0 Å². The minimum absolute atomic E-state index is 0.0148. The van der Waals surface area contributed by atoms with Crippen molar-refractivity contribution >= 4 is 38.4 Å². The van der Waals surface area contributed by atoms with Crippen molar-refractivity contribution < 1.29 is 23.4 Å². The van der Waals surface area contributed by atoms with Gasteiger partial charge in [-0.25, -0.2) is 0 Å². The van der Waals surface area contributed by atoms with Gasteiger partial charge in [-0.2, -0.15) is 0 Å². The van der Waals surface area contributed by atoms with Crippen LogP contribution in [0.2, 0.25) is 26.2 Å². The van der Waals surface area contributed by atoms with E-state index in [9.17, 15) is 20.2 Å². The lowest BCUT2D eigenvalue weighted by Gasteiger charge is -2.34. The van der Waals surface area contributed by atoms with Crippen molar-refractivity contribution in [3.05, 3.63) is 117 Å². The SMILES string of the molecule is C[Si](C)(O[Si](C)(C)c1ccc(Oc2ccc([N+](=O)[O-])cc2)cc1)c1ccc(Oc2ccc([N+](=O)[O-])cc2)cc1. The Morgan fingerprint density at radius 3 is 1.00 bits per heavy atom. The third kappa shape index (κ3) is 6.96. The molecule has 0 N–H and O–H groups in total. The lowest BCUT2D eigenvalue weighted by molar-refractivity contribution is -0.385. The predicted octanol–water partition coefficient (Wildman–Crippen LogP) is 6.63. The molecule has 0 aliphatic rings. The van der Waals surface area contributed by atoms with Crippen molar-refractivity contribution in [2.45, 2.75) is 26.2 Å². The van der Waals surface area contributed by atoms with E-state index in [0.717, 1.165) is 10.4 Å². The molecule has 0 saturated carbocycles. The Morgan fingerprint density at radius 1 is 0.487 bits per heavy atom. The van der Waals surface area contributed by atoms with E-state index in [-0.39, 0.29) is 11.4 Å². The molecule has 0 fully saturated rings. The van der Waals surface area contributed by atoms with Crippen LogP contribution in [0.25, 0.3) is 0 Å². The number of nitro benzene ring substituents is 2.